The number of hydrogen-bond acceptors (Lipinski definition) is 4. The third-order valence-electron chi connectivity index (χ3n) is 4.66. The first kappa shape index (κ1) is 19.2. The molecular weight excluding hydrogens is 386 g/mol. The number of aryl methyl sites for hydroxylation is 2. The molecule has 0 radical (unpaired) electrons. The van der Waals surface area contributed by atoms with E-state index >= 15 is 0 Å². The molecule has 1 aliphatic rings. The molecule has 1 aromatic heterocycles. The lowest BCUT2D eigenvalue weighted by atomic mass is 10.1. The zero-order valence-electron chi connectivity index (χ0n) is 16.0. The SMILES string of the molecule is Cc1cc(C)n(Cc2cccc(C(=O)Nc3cccc(C4SCCS4)c3)c2)n1. The minimum atomic E-state index is -0.0842. The highest BCUT2D eigenvalue weighted by Crippen LogP contribution is 2.45. The minimum Gasteiger partial charge on any atom is -0.322 e. The summed E-state index contributed by atoms with van der Waals surface area (Å²) >= 11 is 3.93. The van der Waals surface area contributed by atoms with Crippen molar-refractivity contribution in [3.63, 3.8) is 0 Å². The van der Waals surface area contributed by atoms with Gasteiger partial charge in [0.25, 0.3) is 5.91 Å². The van der Waals surface area contributed by atoms with Gasteiger partial charge >= 0.3 is 0 Å². The number of rotatable bonds is 5. The van der Waals surface area contributed by atoms with E-state index in [4.69, 9.17) is 0 Å². The van der Waals surface area contributed by atoms with Gasteiger partial charge in [0.15, 0.2) is 0 Å². The second kappa shape index (κ2) is 8.45. The van der Waals surface area contributed by atoms with E-state index in [9.17, 15) is 4.79 Å². The Kier molecular flexibility index (Phi) is 5.78. The second-order valence-electron chi connectivity index (χ2n) is 6.94. The van der Waals surface area contributed by atoms with Crippen LogP contribution in [0.25, 0.3) is 0 Å². The first-order chi connectivity index (χ1) is 13.6. The van der Waals surface area contributed by atoms with Crippen LogP contribution >= 0.6 is 23.5 Å². The first-order valence-electron chi connectivity index (χ1n) is 9.33. The molecule has 1 amide bonds. The summed E-state index contributed by atoms with van der Waals surface area (Å²) in [5.74, 6) is 2.29. The molecular formula is C22H23N3OS2. The number of carbonyl (C=O) groups is 1. The molecule has 1 fully saturated rings. The monoisotopic (exact) mass is 409 g/mol. The van der Waals surface area contributed by atoms with Crippen molar-refractivity contribution in [3.8, 4) is 0 Å². The topological polar surface area (TPSA) is 46.9 Å². The second-order valence-corrected chi connectivity index (χ2v) is 9.66. The Labute approximate surface area is 174 Å². The minimum absolute atomic E-state index is 0.0842. The summed E-state index contributed by atoms with van der Waals surface area (Å²) in [6.07, 6.45) is 0. The average Bonchev–Trinajstić information content (AvgIpc) is 3.32. The largest absolute Gasteiger partial charge is 0.322 e. The number of carbonyl (C=O) groups excluding carboxylic acids is 1. The molecule has 4 rings (SSSR count). The van der Waals surface area contributed by atoms with Crippen LogP contribution in [-0.2, 0) is 6.54 Å². The first-order valence-corrected chi connectivity index (χ1v) is 11.4. The molecule has 2 heterocycles. The van der Waals surface area contributed by atoms with Crippen molar-refractivity contribution in [2.75, 3.05) is 16.8 Å². The third kappa shape index (κ3) is 4.45. The van der Waals surface area contributed by atoms with E-state index in [-0.39, 0.29) is 5.91 Å². The predicted octanol–water partition coefficient (Wildman–Crippen LogP) is 5.28. The van der Waals surface area contributed by atoms with E-state index in [1.807, 2.05) is 78.5 Å². The van der Waals surface area contributed by atoms with E-state index in [0.29, 0.717) is 16.7 Å². The lowest BCUT2D eigenvalue weighted by Gasteiger charge is -2.12. The van der Waals surface area contributed by atoms with Gasteiger partial charge in [-0.05, 0) is 55.3 Å². The lowest BCUT2D eigenvalue weighted by Crippen LogP contribution is -2.13. The quantitative estimate of drug-likeness (QED) is 0.623. The van der Waals surface area contributed by atoms with Gasteiger partial charge in [0.2, 0.25) is 0 Å². The van der Waals surface area contributed by atoms with Crippen molar-refractivity contribution < 1.29 is 4.79 Å². The van der Waals surface area contributed by atoms with Crippen molar-refractivity contribution in [1.29, 1.82) is 0 Å². The zero-order chi connectivity index (χ0) is 19.5. The van der Waals surface area contributed by atoms with Gasteiger partial charge in [-0.1, -0.05) is 24.3 Å². The van der Waals surface area contributed by atoms with E-state index in [1.165, 1.54) is 17.1 Å². The van der Waals surface area contributed by atoms with Gasteiger partial charge in [-0.25, -0.2) is 0 Å². The summed E-state index contributed by atoms with van der Waals surface area (Å²) in [6.45, 7) is 4.70. The fourth-order valence-electron chi connectivity index (χ4n) is 3.34. The highest BCUT2D eigenvalue weighted by molar-refractivity contribution is 8.19. The average molecular weight is 410 g/mol. The zero-order valence-corrected chi connectivity index (χ0v) is 17.6. The van der Waals surface area contributed by atoms with Crippen LogP contribution in [0, 0.1) is 13.8 Å². The number of thioether (sulfide) groups is 2. The van der Waals surface area contributed by atoms with Crippen LogP contribution in [-0.4, -0.2) is 27.2 Å². The van der Waals surface area contributed by atoms with Crippen LogP contribution in [0.5, 0.6) is 0 Å². The summed E-state index contributed by atoms with van der Waals surface area (Å²) in [5.41, 5.74) is 5.96. The summed E-state index contributed by atoms with van der Waals surface area (Å²) in [5, 5.41) is 7.56. The number of hydrogen-bond donors (Lipinski definition) is 1. The van der Waals surface area contributed by atoms with Crippen LogP contribution in [0.2, 0.25) is 0 Å². The van der Waals surface area contributed by atoms with Crippen LogP contribution < -0.4 is 5.32 Å². The maximum Gasteiger partial charge on any atom is 0.255 e. The van der Waals surface area contributed by atoms with E-state index in [0.717, 1.165) is 22.6 Å². The number of benzene rings is 2. The molecule has 6 heteroatoms. The molecule has 0 unspecified atom stereocenters. The highest BCUT2D eigenvalue weighted by Gasteiger charge is 2.18. The van der Waals surface area contributed by atoms with Gasteiger partial charge in [0, 0.05) is 28.5 Å². The molecule has 4 nitrogen and oxygen atoms in total. The van der Waals surface area contributed by atoms with E-state index in [1.54, 1.807) is 0 Å². The lowest BCUT2D eigenvalue weighted by molar-refractivity contribution is 0.102. The Bertz CT molecular complexity index is 993. The molecule has 0 atom stereocenters. The molecule has 1 N–H and O–H groups in total. The van der Waals surface area contributed by atoms with Crippen LogP contribution in [0.4, 0.5) is 5.69 Å². The molecule has 0 bridgehead atoms. The maximum absolute atomic E-state index is 12.8. The molecule has 0 aliphatic carbocycles. The van der Waals surface area contributed by atoms with E-state index < -0.39 is 0 Å². The Hall–Kier alpha value is -2.18. The fraction of sp³-hybridized carbons (Fsp3) is 0.273. The molecule has 144 valence electrons. The van der Waals surface area contributed by atoms with Gasteiger partial charge in [-0.2, -0.15) is 5.10 Å². The van der Waals surface area contributed by atoms with Gasteiger partial charge < -0.3 is 5.32 Å². The Morgan fingerprint density at radius 2 is 1.89 bits per heavy atom. The molecule has 3 aromatic rings. The number of nitrogens with zero attached hydrogens (tertiary/aromatic N) is 2. The molecule has 1 saturated heterocycles. The smallest absolute Gasteiger partial charge is 0.255 e. The van der Waals surface area contributed by atoms with Crippen molar-refractivity contribution >= 4 is 35.1 Å². The predicted molar refractivity (Wildman–Crippen MR) is 119 cm³/mol. The molecule has 1 aliphatic heterocycles. The van der Waals surface area contributed by atoms with Crippen LogP contribution in [0.3, 0.4) is 0 Å². The van der Waals surface area contributed by atoms with Gasteiger partial charge in [0.05, 0.1) is 16.8 Å². The number of amides is 1. The summed E-state index contributed by atoms with van der Waals surface area (Å²) in [6, 6.07) is 18.0. The number of nitrogens with one attached hydrogen (secondary N) is 1. The number of aromatic nitrogens is 2. The van der Waals surface area contributed by atoms with Crippen LogP contribution in [0.1, 0.15) is 37.5 Å². The van der Waals surface area contributed by atoms with Crippen molar-refractivity contribution in [2.45, 2.75) is 25.0 Å². The standard InChI is InChI=1S/C22H23N3OS2/c1-15-11-16(2)25(24-15)14-17-5-3-6-18(12-17)21(26)23-20-8-4-7-19(13-20)22-27-9-10-28-22/h3-8,11-13,22H,9-10,14H2,1-2H3,(H,23,26). The normalized spacial score (nSPS) is 14.4. The van der Waals surface area contributed by atoms with Crippen LogP contribution in [0.15, 0.2) is 54.6 Å². The Morgan fingerprint density at radius 3 is 2.64 bits per heavy atom. The number of anilines is 1. The maximum atomic E-state index is 12.8. The Balaban J connectivity index is 1.48. The summed E-state index contributed by atoms with van der Waals surface area (Å²) in [7, 11) is 0. The third-order valence-corrected chi connectivity index (χ3v) is 7.77. The highest BCUT2D eigenvalue weighted by atomic mass is 32.2. The van der Waals surface area contributed by atoms with Crippen molar-refractivity contribution in [1.82, 2.24) is 9.78 Å². The summed E-state index contributed by atoms with van der Waals surface area (Å²) in [4.78, 5) is 12.8. The van der Waals surface area contributed by atoms with Crippen molar-refractivity contribution in [3.05, 3.63) is 82.7 Å². The molecule has 0 spiro atoms. The Morgan fingerprint density at radius 1 is 1.11 bits per heavy atom. The molecule has 2 aromatic carbocycles. The summed E-state index contributed by atoms with van der Waals surface area (Å²) < 4.78 is 2.44. The van der Waals surface area contributed by atoms with Gasteiger partial charge in [0.1, 0.15) is 0 Å². The van der Waals surface area contributed by atoms with Crippen molar-refractivity contribution in [2.24, 2.45) is 0 Å². The molecule has 28 heavy (non-hydrogen) atoms. The fourth-order valence-corrected chi connectivity index (χ4v) is 6.17. The van der Waals surface area contributed by atoms with Gasteiger partial charge in [-0.3, -0.25) is 9.48 Å². The molecule has 0 saturated carbocycles. The van der Waals surface area contributed by atoms with Gasteiger partial charge in [-0.15, -0.1) is 23.5 Å². The van der Waals surface area contributed by atoms with E-state index in [2.05, 4.69) is 28.6 Å².